The van der Waals surface area contributed by atoms with Crippen LogP contribution in [0.15, 0.2) is 18.2 Å². The van der Waals surface area contributed by atoms with Crippen molar-refractivity contribution in [3.63, 3.8) is 0 Å². The molecule has 17 heavy (non-hydrogen) atoms. The summed E-state index contributed by atoms with van der Waals surface area (Å²) in [4.78, 5) is 0. The molecule has 1 heterocycles. The Bertz CT molecular complexity index is 382. The van der Waals surface area contributed by atoms with E-state index in [1.165, 1.54) is 0 Å². The zero-order valence-electron chi connectivity index (χ0n) is 9.88. The van der Waals surface area contributed by atoms with E-state index in [1.807, 2.05) is 19.1 Å². The predicted molar refractivity (Wildman–Crippen MR) is 62.7 cm³/mol. The van der Waals surface area contributed by atoms with E-state index in [9.17, 15) is 8.78 Å². The molecular formula is C13H17F2NO. The van der Waals surface area contributed by atoms with Crippen LogP contribution in [0.5, 0.6) is 5.75 Å². The fourth-order valence-corrected chi connectivity index (χ4v) is 2.12. The quantitative estimate of drug-likeness (QED) is 0.855. The van der Waals surface area contributed by atoms with Gasteiger partial charge in [-0.2, -0.15) is 0 Å². The second-order valence-electron chi connectivity index (χ2n) is 4.20. The van der Waals surface area contributed by atoms with Crippen molar-refractivity contribution in [3.05, 3.63) is 29.3 Å². The average molecular weight is 241 g/mol. The lowest BCUT2D eigenvalue weighted by Gasteiger charge is -2.20. The predicted octanol–water partition coefficient (Wildman–Crippen LogP) is 2.93. The van der Waals surface area contributed by atoms with E-state index in [-0.39, 0.29) is 0 Å². The monoisotopic (exact) mass is 241 g/mol. The van der Waals surface area contributed by atoms with E-state index in [0.717, 1.165) is 18.4 Å². The Morgan fingerprint density at radius 2 is 2.24 bits per heavy atom. The highest BCUT2D eigenvalue weighted by Gasteiger charge is 2.27. The summed E-state index contributed by atoms with van der Waals surface area (Å²) in [5.74, 6) is 0.654. The Labute approximate surface area is 100.0 Å². The smallest absolute Gasteiger partial charge is 0.257 e. The van der Waals surface area contributed by atoms with E-state index in [4.69, 9.17) is 4.74 Å². The topological polar surface area (TPSA) is 21.3 Å². The van der Waals surface area contributed by atoms with Crippen molar-refractivity contribution in [3.8, 4) is 5.75 Å². The summed E-state index contributed by atoms with van der Waals surface area (Å²) in [6.07, 6.45) is -0.774. The molecule has 1 aromatic carbocycles. The molecule has 4 heteroatoms. The average Bonchev–Trinajstić information content (AvgIpc) is 2.77. The van der Waals surface area contributed by atoms with Gasteiger partial charge in [0, 0.05) is 12.0 Å². The maximum atomic E-state index is 13.1. The summed E-state index contributed by atoms with van der Waals surface area (Å²) in [5.41, 5.74) is 1.62. The van der Waals surface area contributed by atoms with Gasteiger partial charge in [0.05, 0.1) is 12.6 Å². The number of fused-ring (bicyclic) bond motifs is 1. The fourth-order valence-electron chi connectivity index (χ4n) is 2.12. The Morgan fingerprint density at radius 3 is 2.94 bits per heavy atom. The molecule has 1 N–H and O–H groups in total. The number of rotatable bonds is 5. The van der Waals surface area contributed by atoms with Crippen molar-refractivity contribution in [1.82, 2.24) is 5.32 Å². The van der Waals surface area contributed by atoms with Gasteiger partial charge in [0.25, 0.3) is 6.43 Å². The van der Waals surface area contributed by atoms with Gasteiger partial charge in [-0.3, -0.25) is 0 Å². The highest BCUT2D eigenvalue weighted by Crippen LogP contribution is 2.35. The normalized spacial score (nSPS) is 15.8. The van der Waals surface area contributed by atoms with Gasteiger partial charge < -0.3 is 10.1 Å². The molecule has 2 rings (SSSR count). The molecule has 0 aliphatic carbocycles. The molecule has 2 nitrogen and oxygen atoms in total. The van der Waals surface area contributed by atoms with Crippen molar-refractivity contribution < 1.29 is 13.5 Å². The van der Waals surface area contributed by atoms with Crippen LogP contribution in [0.2, 0.25) is 0 Å². The van der Waals surface area contributed by atoms with Gasteiger partial charge in [0.15, 0.2) is 0 Å². The molecule has 0 spiro atoms. The maximum absolute atomic E-state index is 13.1. The highest BCUT2D eigenvalue weighted by atomic mass is 19.3. The minimum absolute atomic E-state index is 0.582. The summed E-state index contributed by atoms with van der Waals surface area (Å²) in [6.45, 7) is 3.14. The minimum Gasteiger partial charge on any atom is -0.493 e. The third-order valence-corrected chi connectivity index (χ3v) is 2.95. The molecule has 0 saturated heterocycles. The van der Waals surface area contributed by atoms with Crippen LogP contribution >= 0.6 is 0 Å². The number of benzene rings is 1. The Hall–Kier alpha value is -1.16. The molecule has 0 fully saturated rings. The number of hydrogen-bond acceptors (Lipinski definition) is 2. The standard InChI is InChI=1S/C13H17F2NO/c1-2-7-16-11(13(14)15)10-5-3-4-9-6-8-17-12(9)10/h3-5,11,13,16H,2,6-8H2,1H3. The Kier molecular flexibility index (Phi) is 3.94. The Morgan fingerprint density at radius 1 is 1.41 bits per heavy atom. The van der Waals surface area contributed by atoms with E-state index in [0.29, 0.717) is 24.5 Å². The molecule has 0 bridgehead atoms. The first kappa shape index (κ1) is 12.3. The van der Waals surface area contributed by atoms with Gasteiger partial charge in [0.1, 0.15) is 5.75 Å². The second kappa shape index (κ2) is 5.45. The van der Waals surface area contributed by atoms with Crippen molar-refractivity contribution in [2.45, 2.75) is 32.2 Å². The zero-order valence-corrected chi connectivity index (χ0v) is 9.88. The van der Waals surface area contributed by atoms with E-state index >= 15 is 0 Å². The van der Waals surface area contributed by atoms with Crippen molar-refractivity contribution >= 4 is 0 Å². The van der Waals surface area contributed by atoms with E-state index in [1.54, 1.807) is 6.07 Å². The summed E-state index contributed by atoms with van der Waals surface area (Å²) in [5, 5.41) is 2.88. The van der Waals surface area contributed by atoms with Crippen LogP contribution in [0.4, 0.5) is 8.78 Å². The third-order valence-electron chi connectivity index (χ3n) is 2.95. The van der Waals surface area contributed by atoms with Gasteiger partial charge >= 0.3 is 0 Å². The van der Waals surface area contributed by atoms with E-state index in [2.05, 4.69) is 5.32 Å². The molecule has 1 atom stereocenters. The maximum Gasteiger partial charge on any atom is 0.257 e. The summed E-state index contributed by atoms with van der Waals surface area (Å²) in [7, 11) is 0. The number of alkyl halides is 2. The van der Waals surface area contributed by atoms with Crippen LogP contribution in [0, 0.1) is 0 Å². The molecule has 1 aromatic rings. The van der Waals surface area contributed by atoms with Crippen LogP contribution in [0.1, 0.15) is 30.5 Å². The number of ether oxygens (including phenoxy) is 1. The number of hydrogen-bond donors (Lipinski definition) is 1. The Balaban J connectivity index is 2.26. The highest BCUT2D eigenvalue weighted by molar-refractivity contribution is 5.45. The van der Waals surface area contributed by atoms with Crippen molar-refractivity contribution in [2.24, 2.45) is 0 Å². The molecular weight excluding hydrogens is 224 g/mol. The lowest BCUT2D eigenvalue weighted by Crippen LogP contribution is -2.28. The van der Waals surface area contributed by atoms with Crippen molar-refractivity contribution in [2.75, 3.05) is 13.2 Å². The molecule has 0 saturated carbocycles. The van der Waals surface area contributed by atoms with E-state index < -0.39 is 12.5 Å². The van der Waals surface area contributed by atoms with Gasteiger partial charge in [-0.25, -0.2) is 8.78 Å². The van der Waals surface area contributed by atoms with Crippen LogP contribution in [-0.2, 0) is 6.42 Å². The summed E-state index contributed by atoms with van der Waals surface area (Å²) >= 11 is 0. The first-order chi connectivity index (χ1) is 8.24. The largest absolute Gasteiger partial charge is 0.493 e. The SMILES string of the molecule is CCCNC(c1cccc2c1OCC2)C(F)F. The van der Waals surface area contributed by atoms with Crippen LogP contribution in [0.3, 0.4) is 0 Å². The first-order valence-corrected chi connectivity index (χ1v) is 6.00. The van der Waals surface area contributed by atoms with Crippen LogP contribution in [-0.4, -0.2) is 19.6 Å². The molecule has 0 aromatic heterocycles. The molecule has 94 valence electrons. The second-order valence-corrected chi connectivity index (χ2v) is 4.20. The van der Waals surface area contributed by atoms with Gasteiger partial charge in [-0.05, 0) is 18.5 Å². The lowest BCUT2D eigenvalue weighted by molar-refractivity contribution is 0.0971. The third kappa shape index (κ3) is 2.57. The summed E-state index contributed by atoms with van der Waals surface area (Å²) < 4.78 is 31.6. The fraction of sp³-hybridized carbons (Fsp3) is 0.538. The zero-order chi connectivity index (χ0) is 12.3. The molecule has 0 radical (unpaired) electrons. The van der Waals surface area contributed by atoms with Gasteiger partial charge in [-0.1, -0.05) is 25.1 Å². The number of para-hydroxylation sites is 1. The summed E-state index contributed by atoms with van der Waals surface area (Å²) in [6, 6.07) is 4.56. The lowest BCUT2D eigenvalue weighted by atomic mass is 10.0. The van der Waals surface area contributed by atoms with Crippen LogP contribution < -0.4 is 10.1 Å². The minimum atomic E-state index is -2.42. The molecule has 1 aliphatic rings. The number of nitrogens with one attached hydrogen (secondary N) is 1. The van der Waals surface area contributed by atoms with Crippen molar-refractivity contribution in [1.29, 1.82) is 0 Å². The molecule has 1 aliphatic heterocycles. The molecule has 1 unspecified atom stereocenters. The van der Waals surface area contributed by atoms with Crippen LogP contribution in [0.25, 0.3) is 0 Å². The molecule has 0 amide bonds. The van der Waals surface area contributed by atoms with Gasteiger partial charge in [-0.15, -0.1) is 0 Å². The van der Waals surface area contributed by atoms with Gasteiger partial charge in [0.2, 0.25) is 0 Å². The number of halogens is 2. The first-order valence-electron chi connectivity index (χ1n) is 6.00.